The van der Waals surface area contributed by atoms with Crippen LogP contribution >= 0.6 is 0 Å². The SMILES string of the molecule is CC(C)(C)c1c[c-]c(-c2ccc([Si](C)(C)C)cn2)cc1.Cc1cc(-c2ccccc2)cc(C)c1-n1c(-c2[c-]ccc3c2oc2ccccc23)nc2ccccc21.[Ir]. The predicted octanol–water partition coefficient (Wildman–Crippen LogP) is 13.1. The molecule has 0 aliphatic rings. The van der Waals surface area contributed by atoms with Crippen LogP contribution in [0.2, 0.25) is 19.6 Å². The number of hydrogen-bond acceptors (Lipinski definition) is 3. The Morgan fingerprint density at radius 2 is 1.40 bits per heavy atom. The van der Waals surface area contributed by atoms with Crippen LogP contribution in [0.5, 0.6) is 0 Å². The van der Waals surface area contributed by atoms with E-state index in [4.69, 9.17) is 9.40 Å². The van der Waals surface area contributed by atoms with Crippen molar-refractivity contribution in [3.63, 3.8) is 0 Å². The Morgan fingerprint density at radius 3 is 2.07 bits per heavy atom. The molecule has 9 aromatic rings. The number of furan rings is 1. The Balaban J connectivity index is 0.000000202. The topological polar surface area (TPSA) is 43.9 Å². The van der Waals surface area contributed by atoms with Gasteiger partial charge in [-0.2, -0.15) is 0 Å². The molecule has 0 aliphatic heterocycles. The summed E-state index contributed by atoms with van der Waals surface area (Å²) >= 11 is 0. The van der Waals surface area contributed by atoms with Crippen LogP contribution in [0.4, 0.5) is 0 Å². The molecule has 0 bridgehead atoms. The minimum absolute atomic E-state index is 0. The van der Waals surface area contributed by atoms with E-state index in [9.17, 15) is 0 Å². The first-order valence-electron chi connectivity index (χ1n) is 19.3. The van der Waals surface area contributed by atoms with E-state index in [2.05, 4.69) is 179 Å². The van der Waals surface area contributed by atoms with E-state index in [1.54, 1.807) is 0 Å². The van der Waals surface area contributed by atoms with Crippen molar-refractivity contribution >= 4 is 46.2 Å². The smallest absolute Gasteiger partial charge is 0.120 e. The minimum atomic E-state index is -1.26. The number of imidazole rings is 1. The Kier molecular flexibility index (Phi) is 11.1. The summed E-state index contributed by atoms with van der Waals surface area (Å²) in [6, 6.07) is 53.1. The fourth-order valence-corrected chi connectivity index (χ4v) is 8.47. The molecule has 0 spiro atoms. The van der Waals surface area contributed by atoms with Gasteiger partial charge < -0.3 is 14.0 Å². The normalized spacial score (nSPS) is 11.7. The van der Waals surface area contributed by atoms with Crippen molar-refractivity contribution < 1.29 is 24.5 Å². The molecule has 0 fully saturated rings. The molecule has 9 rings (SSSR count). The van der Waals surface area contributed by atoms with Crippen LogP contribution in [0.25, 0.3) is 72.4 Å². The first-order chi connectivity index (χ1) is 26.9. The van der Waals surface area contributed by atoms with Gasteiger partial charge in [-0.15, -0.1) is 53.6 Å². The van der Waals surface area contributed by atoms with E-state index >= 15 is 0 Å². The van der Waals surface area contributed by atoms with Crippen molar-refractivity contribution in [2.45, 2.75) is 59.7 Å². The Morgan fingerprint density at radius 1 is 0.702 bits per heavy atom. The molecular weight excluding hydrogens is 891 g/mol. The fraction of sp³-hybridized carbons (Fsp3) is 0.176. The average molecular weight is 938 g/mol. The molecule has 0 amide bonds. The summed E-state index contributed by atoms with van der Waals surface area (Å²) in [6.45, 7) is 18.0. The van der Waals surface area contributed by atoms with Gasteiger partial charge in [-0.3, -0.25) is 4.98 Å². The number of nitrogens with zero attached hydrogens (tertiary/aromatic N) is 3. The van der Waals surface area contributed by atoms with E-state index in [0.29, 0.717) is 0 Å². The maximum Gasteiger partial charge on any atom is 0.120 e. The van der Waals surface area contributed by atoms with E-state index in [0.717, 1.165) is 61.3 Å². The second kappa shape index (κ2) is 15.9. The van der Waals surface area contributed by atoms with Crippen LogP contribution in [0.15, 0.2) is 144 Å². The van der Waals surface area contributed by atoms with Gasteiger partial charge in [0.15, 0.2) is 0 Å². The van der Waals surface area contributed by atoms with Gasteiger partial charge in [-0.25, -0.2) is 0 Å². The first kappa shape index (κ1) is 39.8. The summed E-state index contributed by atoms with van der Waals surface area (Å²) in [6.07, 6.45) is 2.03. The Hall–Kier alpha value is -5.39. The van der Waals surface area contributed by atoms with Crippen molar-refractivity contribution in [3.05, 3.63) is 168 Å². The van der Waals surface area contributed by atoms with E-state index < -0.39 is 8.07 Å². The van der Waals surface area contributed by atoms with Gasteiger partial charge >= 0.3 is 0 Å². The molecule has 6 heteroatoms. The summed E-state index contributed by atoms with van der Waals surface area (Å²) in [5.74, 6) is 0.833. The first-order valence-corrected chi connectivity index (χ1v) is 22.8. The van der Waals surface area contributed by atoms with Crippen molar-refractivity contribution in [3.8, 4) is 39.5 Å². The summed E-state index contributed by atoms with van der Waals surface area (Å²) < 4.78 is 8.65. The van der Waals surface area contributed by atoms with Crippen LogP contribution in [0, 0.1) is 26.0 Å². The van der Waals surface area contributed by atoms with Crippen LogP contribution in [0.3, 0.4) is 0 Å². The monoisotopic (exact) mass is 938 g/mol. The molecule has 0 N–H and O–H groups in total. The summed E-state index contributed by atoms with van der Waals surface area (Å²) in [7, 11) is -1.26. The van der Waals surface area contributed by atoms with Crippen LogP contribution in [-0.2, 0) is 25.5 Å². The summed E-state index contributed by atoms with van der Waals surface area (Å²) in [5.41, 5.74) is 14.1. The minimum Gasteiger partial charge on any atom is -0.501 e. The Bertz CT molecular complexity index is 2740. The molecule has 57 heavy (non-hydrogen) atoms. The third-order valence-corrected chi connectivity index (χ3v) is 12.6. The van der Waals surface area contributed by atoms with Gasteiger partial charge in [0.2, 0.25) is 0 Å². The second-order valence-electron chi connectivity index (χ2n) is 16.7. The van der Waals surface area contributed by atoms with E-state index in [1.165, 1.54) is 33.0 Å². The van der Waals surface area contributed by atoms with E-state index in [1.807, 2.05) is 36.5 Å². The van der Waals surface area contributed by atoms with Crippen molar-refractivity contribution in [1.29, 1.82) is 0 Å². The number of rotatable bonds is 5. The molecule has 0 atom stereocenters. The zero-order valence-corrected chi connectivity index (χ0v) is 37.3. The zero-order valence-electron chi connectivity index (χ0n) is 33.9. The van der Waals surface area contributed by atoms with Gasteiger partial charge in [0.1, 0.15) is 5.58 Å². The molecule has 0 unspecified atom stereocenters. The van der Waals surface area contributed by atoms with Gasteiger partial charge in [-0.05, 0) is 82.7 Å². The number of para-hydroxylation sites is 3. The number of aromatic nitrogens is 3. The van der Waals surface area contributed by atoms with Crippen LogP contribution < -0.4 is 5.19 Å². The fourth-order valence-electron chi connectivity index (χ4n) is 7.43. The standard InChI is InChI=1S/C33H23N2O.C18H24NSi.Ir/c1-21-19-24(23-11-4-3-5-12-23)20-22(2)31(21)35-29-17-8-7-16-28(29)34-33(35)27-15-10-14-26-25-13-6-9-18-30(25)36-32(26)27;1-18(2,3)15-9-7-14(8-10-15)17-12-11-16(13-19-17)20(4,5)6;/h3-14,16-20H,1-2H3;7,9-13H,1-6H3;/q2*-1;. The number of fused-ring (bicyclic) bond motifs is 4. The largest absolute Gasteiger partial charge is 0.501 e. The van der Waals surface area contributed by atoms with Gasteiger partial charge in [0, 0.05) is 37.4 Å². The average Bonchev–Trinajstić information content (AvgIpc) is 3.77. The van der Waals surface area contributed by atoms with Crippen LogP contribution in [0.1, 0.15) is 37.5 Å². The van der Waals surface area contributed by atoms with Crippen molar-refractivity contribution in [1.82, 2.24) is 14.5 Å². The summed E-state index contributed by atoms with van der Waals surface area (Å²) in [4.78, 5) is 9.72. The molecule has 0 aliphatic carbocycles. The molecule has 6 aromatic carbocycles. The molecule has 0 saturated heterocycles. The number of hydrogen-bond donors (Lipinski definition) is 0. The molecule has 287 valence electrons. The second-order valence-corrected chi connectivity index (χ2v) is 21.8. The molecule has 3 heterocycles. The molecule has 1 radical (unpaired) electrons. The maximum absolute atomic E-state index is 6.38. The number of pyridine rings is 1. The van der Waals surface area contributed by atoms with Gasteiger partial charge in [0.05, 0.1) is 30.5 Å². The molecule has 3 aromatic heterocycles. The van der Waals surface area contributed by atoms with E-state index in [-0.39, 0.29) is 25.5 Å². The maximum atomic E-state index is 6.38. The molecule has 4 nitrogen and oxygen atoms in total. The number of aryl methyl sites for hydroxylation is 2. The van der Waals surface area contributed by atoms with Gasteiger partial charge in [0.25, 0.3) is 0 Å². The third kappa shape index (κ3) is 7.95. The van der Waals surface area contributed by atoms with Crippen LogP contribution in [-0.4, -0.2) is 22.6 Å². The zero-order chi connectivity index (χ0) is 39.2. The van der Waals surface area contributed by atoms with Crippen molar-refractivity contribution in [2.24, 2.45) is 0 Å². The quantitative estimate of drug-likeness (QED) is 0.128. The molecule has 0 saturated carbocycles. The van der Waals surface area contributed by atoms with Gasteiger partial charge in [-0.1, -0.05) is 124 Å². The summed E-state index contributed by atoms with van der Waals surface area (Å²) in [5, 5.41) is 3.57. The molecular formula is C51H47IrN3OSi-2. The number of benzene rings is 6. The Labute approximate surface area is 351 Å². The third-order valence-electron chi connectivity index (χ3n) is 10.5. The predicted molar refractivity (Wildman–Crippen MR) is 238 cm³/mol. The van der Waals surface area contributed by atoms with Crippen molar-refractivity contribution in [2.75, 3.05) is 0 Å².